The predicted molar refractivity (Wildman–Crippen MR) is 66.8 cm³/mol. The third-order valence-electron chi connectivity index (χ3n) is 2.30. The van der Waals surface area contributed by atoms with E-state index in [1.54, 1.807) is 16.9 Å². The zero-order valence-corrected chi connectivity index (χ0v) is 10.6. The first-order valence-corrected chi connectivity index (χ1v) is 5.89. The van der Waals surface area contributed by atoms with Crippen LogP contribution in [0.5, 0.6) is 0 Å². The molecule has 18 heavy (non-hydrogen) atoms. The van der Waals surface area contributed by atoms with Gasteiger partial charge >= 0.3 is 0 Å². The number of nitrogens with zero attached hydrogens (tertiary/aromatic N) is 4. The molecule has 0 aliphatic carbocycles. The third-order valence-corrected chi connectivity index (χ3v) is 2.93. The largest absolute Gasteiger partial charge is 0.270 e. The van der Waals surface area contributed by atoms with Crippen molar-refractivity contribution in [1.29, 1.82) is 0 Å². The van der Waals surface area contributed by atoms with Crippen molar-refractivity contribution in [3.63, 3.8) is 0 Å². The Hall–Kier alpha value is -1.66. The molecule has 0 atom stereocenters. The lowest BCUT2D eigenvalue weighted by molar-refractivity contribution is -0.384. The molecule has 0 bridgehead atoms. The number of hydrogen-bond acceptors (Lipinski definition) is 4. The number of aromatic nitrogens is 3. The van der Waals surface area contributed by atoms with Gasteiger partial charge in [0.2, 0.25) is 0 Å². The van der Waals surface area contributed by atoms with Crippen LogP contribution in [0.25, 0.3) is 0 Å². The third kappa shape index (κ3) is 2.77. The molecular weight excluding hydrogens is 279 g/mol. The summed E-state index contributed by atoms with van der Waals surface area (Å²) in [5.41, 5.74) is 1.35. The molecular formula is C10H8Cl2N4O2. The Bertz CT molecular complexity index is 585. The standard InChI is InChI=1S/C10H8Cl2N4O2/c11-4-8-6-15(14-13-8)5-7-1-2-9(16(17)18)3-10(7)12/h1-3,6H,4-5H2. The van der Waals surface area contributed by atoms with Crippen LogP contribution in [-0.4, -0.2) is 19.9 Å². The van der Waals surface area contributed by atoms with E-state index < -0.39 is 4.92 Å². The summed E-state index contributed by atoms with van der Waals surface area (Å²) in [6, 6.07) is 4.32. The number of benzene rings is 1. The number of nitro benzene ring substituents is 1. The number of nitro groups is 1. The lowest BCUT2D eigenvalue weighted by atomic mass is 10.2. The van der Waals surface area contributed by atoms with Gasteiger partial charge in [0.1, 0.15) is 0 Å². The van der Waals surface area contributed by atoms with Gasteiger partial charge in [0.15, 0.2) is 0 Å². The van der Waals surface area contributed by atoms with Crippen molar-refractivity contribution in [3.05, 3.63) is 50.8 Å². The Morgan fingerprint density at radius 2 is 2.22 bits per heavy atom. The van der Waals surface area contributed by atoms with Gasteiger partial charge < -0.3 is 0 Å². The maximum Gasteiger partial charge on any atom is 0.270 e. The molecule has 2 aromatic rings. The second kappa shape index (κ2) is 5.32. The summed E-state index contributed by atoms with van der Waals surface area (Å²) in [5, 5.41) is 18.6. The van der Waals surface area contributed by atoms with Crippen LogP contribution in [-0.2, 0) is 12.4 Å². The van der Waals surface area contributed by atoms with Gasteiger partial charge in [-0.15, -0.1) is 16.7 Å². The molecule has 0 N–H and O–H groups in total. The van der Waals surface area contributed by atoms with Gasteiger partial charge in [0.05, 0.1) is 34.3 Å². The lowest BCUT2D eigenvalue weighted by Crippen LogP contribution is -2.01. The highest BCUT2D eigenvalue weighted by Crippen LogP contribution is 2.23. The molecule has 0 saturated heterocycles. The molecule has 1 aromatic heterocycles. The fourth-order valence-electron chi connectivity index (χ4n) is 1.43. The Labute approximate surface area is 112 Å². The van der Waals surface area contributed by atoms with Crippen LogP contribution in [0.2, 0.25) is 5.02 Å². The van der Waals surface area contributed by atoms with Gasteiger partial charge in [0, 0.05) is 12.1 Å². The molecule has 0 spiro atoms. The number of alkyl halides is 1. The van der Waals surface area contributed by atoms with Crippen molar-refractivity contribution in [1.82, 2.24) is 15.0 Å². The second-order valence-electron chi connectivity index (χ2n) is 3.57. The van der Waals surface area contributed by atoms with Crippen molar-refractivity contribution < 1.29 is 4.92 Å². The second-order valence-corrected chi connectivity index (χ2v) is 4.25. The van der Waals surface area contributed by atoms with Gasteiger partial charge in [-0.05, 0) is 11.6 Å². The highest BCUT2D eigenvalue weighted by Gasteiger charge is 2.10. The van der Waals surface area contributed by atoms with Crippen molar-refractivity contribution in [2.45, 2.75) is 12.4 Å². The minimum Gasteiger partial charge on any atom is -0.258 e. The fourth-order valence-corrected chi connectivity index (χ4v) is 1.79. The topological polar surface area (TPSA) is 73.8 Å². The molecule has 0 unspecified atom stereocenters. The molecule has 2 rings (SSSR count). The lowest BCUT2D eigenvalue weighted by Gasteiger charge is -2.03. The van der Waals surface area contributed by atoms with Crippen molar-refractivity contribution in [3.8, 4) is 0 Å². The van der Waals surface area contributed by atoms with Gasteiger partial charge in [-0.1, -0.05) is 16.8 Å². The normalized spacial score (nSPS) is 10.6. The monoisotopic (exact) mass is 286 g/mol. The zero-order chi connectivity index (χ0) is 13.1. The molecule has 0 saturated carbocycles. The SMILES string of the molecule is O=[N+]([O-])c1ccc(Cn2cc(CCl)nn2)c(Cl)c1. The van der Waals surface area contributed by atoms with E-state index in [2.05, 4.69) is 10.3 Å². The Kier molecular flexibility index (Phi) is 3.78. The first-order chi connectivity index (χ1) is 8.60. The van der Waals surface area contributed by atoms with Crippen LogP contribution in [0.4, 0.5) is 5.69 Å². The molecule has 94 valence electrons. The van der Waals surface area contributed by atoms with Gasteiger partial charge in [-0.25, -0.2) is 4.68 Å². The fraction of sp³-hybridized carbons (Fsp3) is 0.200. The minimum atomic E-state index is -0.489. The number of non-ortho nitro benzene ring substituents is 1. The van der Waals surface area contributed by atoms with E-state index >= 15 is 0 Å². The van der Waals surface area contributed by atoms with E-state index in [0.717, 1.165) is 5.56 Å². The van der Waals surface area contributed by atoms with Gasteiger partial charge in [0.25, 0.3) is 5.69 Å². The molecule has 0 amide bonds. The van der Waals surface area contributed by atoms with Crippen LogP contribution >= 0.6 is 23.2 Å². The molecule has 1 aromatic carbocycles. The average Bonchev–Trinajstić information content (AvgIpc) is 2.79. The predicted octanol–water partition coefficient (Wildman–Crippen LogP) is 2.63. The summed E-state index contributed by atoms with van der Waals surface area (Å²) in [7, 11) is 0. The van der Waals surface area contributed by atoms with Gasteiger partial charge in [-0.2, -0.15) is 0 Å². The molecule has 6 nitrogen and oxygen atoms in total. The van der Waals surface area contributed by atoms with E-state index in [4.69, 9.17) is 23.2 Å². The first-order valence-electron chi connectivity index (χ1n) is 4.98. The van der Waals surface area contributed by atoms with Crippen molar-refractivity contribution in [2.75, 3.05) is 0 Å². The summed E-state index contributed by atoms with van der Waals surface area (Å²) in [5.74, 6) is 0.286. The molecule has 0 aliphatic rings. The molecule has 8 heteroatoms. The maximum atomic E-state index is 10.6. The first kappa shape index (κ1) is 12.8. The van der Waals surface area contributed by atoms with E-state index in [1.807, 2.05) is 0 Å². The molecule has 0 radical (unpaired) electrons. The number of halogens is 2. The highest BCUT2D eigenvalue weighted by atomic mass is 35.5. The summed E-state index contributed by atoms with van der Waals surface area (Å²) >= 11 is 11.6. The maximum absolute atomic E-state index is 10.6. The van der Waals surface area contributed by atoms with Crippen molar-refractivity contribution in [2.24, 2.45) is 0 Å². The zero-order valence-electron chi connectivity index (χ0n) is 9.08. The van der Waals surface area contributed by atoms with E-state index in [1.165, 1.54) is 12.1 Å². The quantitative estimate of drug-likeness (QED) is 0.492. The van der Waals surface area contributed by atoms with Crippen LogP contribution in [0.1, 0.15) is 11.3 Å². The van der Waals surface area contributed by atoms with E-state index in [9.17, 15) is 10.1 Å². The summed E-state index contributed by atoms with van der Waals surface area (Å²) in [6.07, 6.45) is 1.70. The highest BCUT2D eigenvalue weighted by molar-refractivity contribution is 6.31. The Morgan fingerprint density at radius 1 is 1.44 bits per heavy atom. The number of hydrogen-bond donors (Lipinski definition) is 0. The molecule has 1 heterocycles. The summed E-state index contributed by atoms with van der Waals surface area (Å²) < 4.78 is 1.57. The Balaban J connectivity index is 2.21. The molecule has 0 fully saturated rings. The van der Waals surface area contributed by atoms with Crippen LogP contribution < -0.4 is 0 Å². The molecule has 0 aliphatic heterocycles. The number of rotatable bonds is 4. The Morgan fingerprint density at radius 3 is 2.78 bits per heavy atom. The van der Waals surface area contributed by atoms with Gasteiger partial charge in [-0.3, -0.25) is 10.1 Å². The van der Waals surface area contributed by atoms with Crippen molar-refractivity contribution >= 4 is 28.9 Å². The average molecular weight is 287 g/mol. The van der Waals surface area contributed by atoms with Crippen LogP contribution in [0.15, 0.2) is 24.4 Å². The summed E-state index contributed by atoms with van der Waals surface area (Å²) in [6.45, 7) is 0.390. The smallest absolute Gasteiger partial charge is 0.258 e. The van der Waals surface area contributed by atoms with E-state index in [-0.39, 0.29) is 11.6 Å². The van der Waals surface area contributed by atoms with Crippen LogP contribution in [0.3, 0.4) is 0 Å². The van der Waals surface area contributed by atoms with E-state index in [0.29, 0.717) is 17.3 Å². The van der Waals surface area contributed by atoms with Crippen LogP contribution in [0, 0.1) is 10.1 Å². The minimum absolute atomic E-state index is 0.0382. The summed E-state index contributed by atoms with van der Waals surface area (Å²) in [4.78, 5) is 10.1.